The van der Waals surface area contributed by atoms with Gasteiger partial charge in [-0.1, -0.05) is 30.3 Å². The minimum Gasteiger partial charge on any atom is -0.487 e. The van der Waals surface area contributed by atoms with Crippen molar-refractivity contribution in [3.8, 4) is 5.75 Å². The Morgan fingerprint density at radius 1 is 0.933 bits per heavy atom. The smallest absolute Gasteiger partial charge is 0.256 e. The van der Waals surface area contributed by atoms with Crippen molar-refractivity contribution in [2.45, 2.75) is 13.2 Å². The highest BCUT2D eigenvalue weighted by molar-refractivity contribution is 5.94. The molecule has 0 aliphatic carbocycles. The molecular formula is C24H24FN3O2. The number of carbonyl (C=O) groups excluding carboxylic acids is 1. The van der Waals surface area contributed by atoms with E-state index in [-0.39, 0.29) is 11.5 Å². The number of halogens is 1. The molecule has 30 heavy (non-hydrogen) atoms. The number of hydrogen-bond acceptors (Lipinski definition) is 4. The van der Waals surface area contributed by atoms with E-state index in [1.807, 2.05) is 30.3 Å². The lowest BCUT2D eigenvalue weighted by Gasteiger charge is -2.34. The summed E-state index contributed by atoms with van der Waals surface area (Å²) in [5, 5.41) is 0. The molecule has 1 amide bonds. The molecule has 154 valence electrons. The van der Waals surface area contributed by atoms with Crippen LogP contribution in [0.4, 0.5) is 4.39 Å². The third-order valence-corrected chi connectivity index (χ3v) is 5.21. The third-order valence-electron chi connectivity index (χ3n) is 5.21. The zero-order valence-electron chi connectivity index (χ0n) is 16.7. The van der Waals surface area contributed by atoms with Gasteiger partial charge >= 0.3 is 0 Å². The molecular weight excluding hydrogens is 381 g/mol. The van der Waals surface area contributed by atoms with Crippen molar-refractivity contribution in [1.29, 1.82) is 0 Å². The van der Waals surface area contributed by atoms with Crippen molar-refractivity contribution in [2.75, 3.05) is 26.2 Å². The van der Waals surface area contributed by atoms with E-state index >= 15 is 0 Å². The van der Waals surface area contributed by atoms with E-state index in [0.29, 0.717) is 19.7 Å². The Balaban J connectivity index is 1.26. The van der Waals surface area contributed by atoms with Crippen LogP contribution in [0, 0.1) is 5.82 Å². The van der Waals surface area contributed by atoms with Gasteiger partial charge in [-0.3, -0.25) is 14.7 Å². The average molecular weight is 405 g/mol. The zero-order valence-corrected chi connectivity index (χ0v) is 16.7. The fraction of sp³-hybridized carbons (Fsp3) is 0.250. The standard InChI is InChI=1S/C24H24FN3O2/c25-23-7-2-1-6-22(23)24(29)28-15-13-27(14-16-28)17-19-8-10-21(11-9-19)30-18-20-5-3-4-12-26-20/h1-12H,13-18H2. The molecule has 0 N–H and O–H groups in total. The molecule has 0 radical (unpaired) electrons. The first-order chi connectivity index (χ1) is 14.7. The summed E-state index contributed by atoms with van der Waals surface area (Å²) in [5.74, 6) is 0.113. The van der Waals surface area contributed by atoms with Crippen molar-refractivity contribution in [3.63, 3.8) is 0 Å². The largest absolute Gasteiger partial charge is 0.487 e. The SMILES string of the molecule is O=C(c1ccccc1F)N1CCN(Cc2ccc(OCc3ccccn3)cc2)CC1. The van der Waals surface area contributed by atoms with E-state index in [1.54, 1.807) is 29.3 Å². The fourth-order valence-corrected chi connectivity index (χ4v) is 3.50. The number of pyridine rings is 1. The molecule has 0 unspecified atom stereocenters. The highest BCUT2D eigenvalue weighted by Gasteiger charge is 2.23. The lowest BCUT2D eigenvalue weighted by Crippen LogP contribution is -2.48. The van der Waals surface area contributed by atoms with E-state index in [4.69, 9.17) is 4.74 Å². The predicted molar refractivity (Wildman–Crippen MR) is 113 cm³/mol. The second kappa shape index (κ2) is 9.50. The van der Waals surface area contributed by atoms with Crippen LogP contribution in [-0.4, -0.2) is 46.9 Å². The average Bonchev–Trinajstić information content (AvgIpc) is 2.80. The maximum Gasteiger partial charge on any atom is 0.256 e. The van der Waals surface area contributed by atoms with Crippen LogP contribution in [0.15, 0.2) is 72.9 Å². The number of aromatic nitrogens is 1. The lowest BCUT2D eigenvalue weighted by molar-refractivity contribution is 0.0624. The van der Waals surface area contributed by atoms with Crippen molar-refractivity contribution >= 4 is 5.91 Å². The predicted octanol–water partition coefficient (Wildman–Crippen LogP) is 3.76. The zero-order chi connectivity index (χ0) is 20.8. The van der Waals surface area contributed by atoms with Crippen LogP contribution in [0.3, 0.4) is 0 Å². The minimum atomic E-state index is -0.463. The van der Waals surface area contributed by atoms with Crippen LogP contribution in [0.5, 0.6) is 5.75 Å². The molecule has 1 saturated heterocycles. The van der Waals surface area contributed by atoms with Crippen LogP contribution in [0.2, 0.25) is 0 Å². The van der Waals surface area contributed by atoms with Gasteiger partial charge in [0, 0.05) is 38.9 Å². The van der Waals surface area contributed by atoms with Gasteiger partial charge in [-0.2, -0.15) is 0 Å². The normalized spacial score (nSPS) is 14.5. The van der Waals surface area contributed by atoms with Crippen LogP contribution in [-0.2, 0) is 13.2 Å². The summed E-state index contributed by atoms with van der Waals surface area (Å²) in [6.07, 6.45) is 1.76. The van der Waals surface area contributed by atoms with E-state index in [2.05, 4.69) is 22.0 Å². The molecule has 0 atom stereocenters. The molecule has 5 nitrogen and oxygen atoms in total. The summed E-state index contributed by atoms with van der Waals surface area (Å²) < 4.78 is 19.6. The van der Waals surface area contributed by atoms with Gasteiger partial charge in [-0.15, -0.1) is 0 Å². The molecule has 0 bridgehead atoms. The number of rotatable bonds is 6. The van der Waals surface area contributed by atoms with Gasteiger partial charge in [0.25, 0.3) is 5.91 Å². The fourth-order valence-electron chi connectivity index (χ4n) is 3.50. The highest BCUT2D eigenvalue weighted by atomic mass is 19.1. The molecule has 1 aliphatic heterocycles. The summed E-state index contributed by atoms with van der Waals surface area (Å²) in [6.45, 7) is 3.97. The van der Waals surface area contributed by atoms with Crippen LogP contribution in [0.25, 0.3) is 0 Å². The molecule has 3 aromatic rings. The number of amides is 1. The van der Waals surface area contributed by atoms with E-state index in [9.17, 15) is 9.18 Å². The Hall–Kier alpha value is -3.25. The Morgan fingerprint density at radius 2 is 1.67 bits per heavy atom. The Labute approximate surface area is 175 Å². The molecule has 6 heteroatoms. The number of benzene rings is 2. The number of ether oxygens (including phenoxy) is 1. The summed E-state index contributed by atoms with van der Waals surface area (Å²) in [7, 11) is 0. The maximum absolute atomic E-state index is 13.9. The first-order valence-corrected chi connectivity index (χ1v) is 10.1. The van der Waals surface area contributed by atoms with Crippen LogP contribution >= 0.6 is 0 Å². The first kappa shape index (κ1) is 20.0. The van der Waals surface area contributed by atoms with Gasteiger partial charge in [0.1, 0.15) is 18.2 Å². The molecule has 1 aromatic heterocycles. The highest BCUT2D eigenvalue weighted by Crippen LogP contribution is 2.17. The van der Waals surface area contributed by atoms with Crippen molar-refractivity contribution in [2.24, 2.45) is 0 Å². The quantitative estimate of drug-likeness (QED) is 0.627. The molecule has 1 aliphatic rings. The second-order valence-electron chi connectivity index (χ2n) is 7.30. The van der Waals surface area contributed by atoms with Crippen molar-refractivity contribution < 1.29 is 13.9 Å². The Bertz CT molecular complexity index is 971. The molecule has 0 saturated carbocycles. The molecule has 2 aromatic carbocycles. The minimum absolute atomic E-state index is 0.146. The summed E-state index contributed by atoms with van der Waals surface area (Å²) >= 11 is 0. The van der Waals surface area contributed by atoms with Crippen molar-refractivity contribution in [1.82, 2.24) is 14.8 Å². The van der Waals surface area contributed by atoms with Gasteiger partial charge < -0.3 is 9.64 Å². The Kier molecular flexibility index (Phi) is 6.35. The van der Waals surface area contributed by atoms with Gasteiger partial charge in [0.2, 0.25) is 0 Å². The van der Waals surface area contributed by atoms with Crippen LogP contribution < -0.4 is 4.74 Å². The topological polar surface area (TPSA) is 45.7 Å². The molecule has 2 heterocycles. The lowest BCUT2D eigenvalue weighted by atomic mass is 10.1. The number of hydrogen-bond donors (Lipinski definition) is 0. The summed E-state index contributed by atoms with van der Waals surface area (Å²) in [6, 6.07) is 20.0. The second-order valence-corrected chi connectivity index (χ2v) is 7.30. The van der Waals surface area contributed by atoms with Gasteiger partial charge in [-0.05, 0) is 42.0 Å². The number of carbonyl (C=O) groups is 1. The van der Waals surface area contributed by atoms with E-state index in [0.717, 1.165) is 31.1 Å². The van der Waals surface area contributed by atoms with E-state index < -0.39 is 5.82 Å². The first-order valence-electron chi connectivity index (χ1n) is 10.1. The van der Waals surface area contributed by atoms with E-state index in [1.165, 1.54) is 11.6 Å². The molecule has 1 fully saturated rings. The van der Waals surface area contributed by atoms with Gasteiger partial charge in [0.05, 0.1) is 11.3 Å². The Morgan fingerprint density at radius 3 is 2.37 bits per heavy atom. The van der Waals surface area contributed by atoms with Crippen LogP contribution in [0.1, 0.15) is 21.6 Å². The van der Waals surface area contributed by atoms with Gasteiger partial charge in [-0.25, -0.2) is 4.39 Å². The maximum atomic E-state index is 13.9. The van der Waals surface area contributed by atoms with Gasteiger partial charge in [0.15, 0.2) is 0 Å². The summed E-state index contributed by atoms with van der Waals surface area (Å²) in [4.78, 5) is 20.8. The molecule has 4 rings (SSSR count). The molecule has 0 spiro atoms. The monoisotopic (exact) mass is 405 g/mol. The number of nitrogens with zero attached hydrogens (tertiary/aromatic N) is 3. The number of piperazine rings is 1. The van der Waals surface area contributed by atoms with Crippen molar-refractivity contribution in [3.05, 3.63) is 95.6 Å². The summed E-state index contributed by atoms with van der Waals surface area (Å²) in [5.41, 5.74) is 2.23. The third kappa shape index (κ3) is 5.02.